The van der Waals surface area contributed by atoms with E-state index < -0.39 is 0 Å². The topological polar surface area (TPSA) is 49.3 Å². The van der Waals surface area contributed by atoms with Gasteiger partial charge in [0.1, 0.15) is 5.01 Å². The van der Waals surface area contributed by atoms with Crippen LogP contribution in [0.5, 0.6) is 0 Å². The van der Waals surface area contributed by atoms with Crippen molar-refractivity contribution in [1.82, 2.24) is 15.6 Å². The van der Waals surface area contributed by atoms with E-state index >= 15 is 0 Å². The average Bonchev–Trinajstić information content (AvgIpc) is 3.00. The predicted octanol–water partition coefficient (Wildman–Crippen LogP) is 3.24. The van der Waals surface area contributed by atoms with E-state index in [0.29, 0.717) is 5.92 Å². The highest BCUT2D eigenvalue weighted by molar-refractivity contribution is 7.11. The summed E-state index contributed by atoms with van der Waals surface area (Å²) in [7, 11) is 1.82. The largest absolute Gasteiger partial charge is 0.356 e. The highest BCUT2D eigenvalue weighted by Gasteiger charge is 2.19. The number of guanidine groups is 1. The van der Waals surface area contributed by atoms with Crippen LogP contribution in [0.25, 0.3) is 0 Å². The van der Waals surface area contributed by atoms with Crippen LogP contribution in [-0.4, -0.2) is 24.5 Å². The van der Waals surface area contributed by atoms with E-state index in [0.717, 1.165) is 24.1 Å². The lowest BCUT2D eigenvalue weighted by molar-refractivity contribution is 0.539. The Kier molecular flexibility index (Phi) is 5.28. The molecular formula is C18H24N4S. The third-order valence-corrected chi connectivity index (χ3v) is 5.22. The number of rotatable bonds is 4. The molecule has 1 heterocycles. The van der Waals surface area contributed by atoms with Gasteiger partial charge in [-0.05, 0) is 37.3 Å². The maximum atomic E-state index is 4.37. The number of fused-ring (bicyclic) bond motifs is 1. The van der Waals surface area contributed by atoms with Crippen LogP contribution in [0.3, 0.4) is 0 Å². The average molecular weight is 328 g/mol. The van der Waals surface area contributed by atoms with Crippen molar-refractivity contribution in [1.29, 1.82) is 0 Å². The van der Waals surface area contributed by atoms with E-state index in [1.54, 1.807) is 11.3 Å². The minimum Gasteiger partial charge on any atom is -0.356 e. The first kappa shape index (κ1) is 16.0. The summed E-state index contributed by atoms with van der Waals surface area (Å²) in [6.45, 7) is 3.72. The smallest absolute Gasteiger partial charge is 0.191 e. The number of thiazole rings is 1. The normalized spacial score (nSPS) is 17.7. The Morgan fingerprint density at radius 1 is 1.35 bits per heavy atom. The van der Waals surface area contributed by atoms with Crippen LogP contribution in [0.4, 0.5) is 0 Å². The molecule has 0 saturated heterocycles. The Balaban J connectivity index is 1.54. The van der Waals surface area contributed by atoms with Gasteiger partial charge in [0, 0.05) is 30.6 Å². The molecule has 23 heavy (non-hydrogen) atoms. The van der Waals surface area contributed by atoms with Gasteiger partial charge in [-0.25, -0.2) is 4.98 Å². The zero-order valence-electron chi connectivity index (χ0n) is 13.8. The molecule has 5 heteroatoms. The van der Waals surface area contributed by atoms with Gasteiger partial charge in [-0.2, -0.15) is 0 Å². The van der Waals surface area contributed by atoms with Gasteiger partial charge >= 0.3 is 0 Å². The van der Waals surface area contributed by atoms with Gasteiger partial charge in [0.15, 0.2) is 5.96 Å². The molecule has 122 valence electrons. The fourth-order valence-corrected chi connectivity index (χ4v) is 3.88. The third kappa shape index (κ3) is 4.10. The van der Waals surface area contributed by atoms with Crippen molar-refractivity contribution >= 4 is 17.3 Å². The molecule has 1 aliphatic rings. The predicted molar refractivity (Wildman–Crippen MR) is 97.2 cm³/mol. The molecule has 4 nitrogen and oxygen atoms in total. The second-order valence-corrected chi connectivity index (χ2v) is 7.28. The summed E-state index contributed by atoms with van der Waals surface area (Å²) in [5.41, 5.74) is 3.00. The van der Waals surface area contributed by atoms with Crippen LogP contribution in [0, 0.1) is 6.92 Å². The molecule has 0 spiro atoms. The van der Waals surface area contributed by atoms with Gasteiger partial charge in [-0.1, -0.05) is 24.3 Å². The van der Waals surface area contributed by atoms with Crippen LogP contribution in [-0.2, 0) is 13.0 Å². The van der Waals surface area contributed by atoms with E-state index in [1.807, 2.05) is 13.2 Å². The molecule has 0 fully saturated rings. The molecule has 3 rings (SSSR count). The molecule has 0 saturated carbocycles. The number of aryl methyl sites for hydroxylation is 2. The molecule has 0 aliphatic heterocycles. The Bertz CT molecular complexity index is 677. The van der Waals surface area contributed by atoms with Crippen molar-refractivity contribution in [2.75, 3.05) is 13.6 Å². The number of nitrogens with zero attached hydrogens (tertiary/aromatic N) is 2. The molecule has 1 unspecified atom stereocenters. The van der Waals surface area contributed by atoms with Gasteiger partial charge in [0.25, 0.3) is 0 Å². The first-order valence-electron chi connectivity index (χ1n) is 8.20. The summed E-state index contributed by atoms with van der Waals surface area (Å²) < 4.78 is 0. The van der Waals surface area contributed by atoms with Crippen LogP contribution in [0.15, 0.2) is 35.5 Å². The number of aliphatic imine (C=N–C) groups is 1. The van der Waals surface area contributed by atoms with Crippen LogP contribution >= 0.6 is 11.3 Å². The monoisotopic (exact) mass is 328 g/mol. The molecule has 2 aromatic rings. The van der Waals surface area contributed by atoms with Crippen LogP contribution in [0.2, 0.25) is 0 Å². The fourth-order valence-electron chi connectivity index (χ4n) is 3.15. The summed E-state index contributed by atoms with van der Waals surface area (Å²) in [6.07, 6.45) is 5.64. The summed E-state index contributed by atoms with van der Waals surface area (Å²) >= 11 is 1.72. The van der Waals surface area contributed by atoms with E-state index in [1.165, 1.54) is 35.3 Å². The Labute approximate surface area is 142 Å². The molecule has 0 radical (unpaired) electrons. The molecule has 1 atom stereocenters. The number of benzene rings is 1. The Morgan fingerprint density at radius 3 is 3.00 bits per heavy atom. The van der Waals surface area contributed by atoms with Gasteiger partial charge in [0.05, 0.1) is 6.54 Å². The Hall–Kier alpha value is -1.88. The summed E-state index contributed by atoms with van der Waals surface area (Å²) in [5, 5.41) is 7.91. The first-order valence-corrected chi connectivity index (χ1v) is 9.01. The first-order chi connectivity index (χ1) is 11.3. The number of hydrogen-bond acceptors (Lipinski definition) is 3. The van der Waals surface area contributed by atoms with Crippen molar-refractivity contribution < 1.29 is 0 Å². The summed E-state index contributed by atoms with van der Waals surface area (Å²) in [4.78, 5) is 9.94. The number of aromatic nitrogens is 1. The number of hydrogen-bond donors (Lipinski definition) is 2. The van der Waals surface area contributed by atoms with E-state index in [2.05, 4.69) is 51.8 Å². The van der Waals surface area contributed by atoms with Crippen LogP contribution < -0.4 is 10.6 Å². The minimum atomic E-state index is 0.570. The lowest BCUT2D eigenvalue weighted by Crippen LogP contribution is -2.39. The lowest BCUT2D eigenvalue weighted by atomic mass is 9.83. The SMILES string of the molecule is CN=C(NCc1ncc(C)s1)NCC1CCCc2ccccc21. The van der Waals surface area contributed by atoms with Crippen LogP contribution in [0.1, 0.15) is 39.8 Å². The molecule has 1 aromatic carbocycles. The van der Waals surface area contributed by atoms with Gasteiger partial charge < -0.3 is 10.6 Å². The fraction of sp³-hybridized carbons (Fsp3) is 0.444. The van der Waals surface area contributed by atoms with E-state index in [4.69, 9.17) is 0 Å². The van der Waals surface area contributed by atoms with Crippen molar-refractivity contribution in [3.05, 3.63) is 51.5 Å². The standard InChI is InChI=1S/C18H24N4S/c1-13-10-20-17(23-13)12-22-18(19-2)21-11-15-8-5-7-14-6-3-4-9-16(14)15/h3-4,6,9-10,15H,5,7-8,11-12H2,1-2H3,(H2,19,21,22). The summed E-state index contributed by atoms with van der Waals surface area (Å²) in [5.74, 6) is 1.42. The second kappa shape index (κ2) is 7.59. The molecule has 1 aromatic heterocycles. The van der Waals surface area contributed by atoms with Gasteiger partial charge in [-0.3, -0.25) is 4.99 Å². The molecule has 2 N–H and O–H groups in total. The summed E-state index contributed by atoms with van der Waals surface area (Å²) in [6, 6.07) is 8.83. The molecular weight excluding hydrogens is 304 g/mol. The van der Waals surface area contributed by atoms with Crippen molar-refractivity contribution in [3.63, 3.8) is 0 Å². The van der Waals surface area contributed by atoms with Gasteiger partial charge in [-0.15, -0.1) is 11.3 Å². The van der Waals surface area contributed by atoms with E-state index in [9.17, 15) is 0 Å². The zero-order valence-corrected chi connectivity index (χ0v) is 14.6. The quantitative estimate of drug-likeness (QED) is 0.669. The minimum absolute atomic E-state index is 0.570. The van der Waals surface area contributed by atoms with Crippen molar-refractivity contribution in [3.8, 4) is 0 Å². The zero-order chi connectivity index (χ0) is 16.1. The Morgan fingerprint density at radius 2 is 2.22 bits per heavy atom. The van der Waals surface area contributed by atoms with Gasteiger partial charge in [0.2, 0.25) is 0 Å². The van der Waals surface area contributed by atoms with Crippen molar-refractivity contribution in [2.45, 2.75) is 38.6 Å². The lowest BCUT2D eigenvalue weighted by Gasteiger charge is -2.26. The second-order valence-electron chi connectivity index (χ2n) is 5.96. The third-order valence-electron chi connectivity index (χ3n) is 4.31. The molecule has 0 amide bonds. The highest BCUT2D eigenvalue weighted by Crippen LogP contribution is 2.30. The number of nitrogens with one attached hydrogen (secondary N) is 2. The maximum absolute atomic E-state index is 4.37. The van der Waals surface area contributed by atoms with Crippen molar-refractivity contribution in [2.24, 2.45) is 4.99 Å². The molecule has 0 bridgehead atoms. The maximum Gasteiger partial charge on any atom is 0.191 e. The molecule has 1 aliphatic carbocycles. The van der Waals surface area contributed by atoms with E-state index in [-0.39, 0.29) is 0 Å². The highest BCUT2D eigenvalue weighted by atomic mass is 32.1.